The predicted molar refractivity (Wildman–Crippen MR) is 87.9 cm³/mol. The number of benzene rings is 1. The number of rotatable bonds is 4. The van der Waals surface area contributed by atoms with Gasteiger partial charge in [0.05, 0.1) is 6.33 Å². The smallest absolute Gasteiger partial charge is 0.299 e. The highest BCUT2D eigenvalue weighted by atomic mass is 19.4. The Morgan fingerprint density at radius 3 is 2.22 bits per heavy atom. The third-order valence-electron chi connectivity index (χ3n) is 4.66. The lowest BCUT2D eigenvalue weighted by molar-refractivity contribution is -0.141. The second-order valence-corrected chi connectivity index (χ2v) is 6.76. The van der Waals surface area contributed by atoms with Gasteiger partial charge in [-0.25, -0.2) is 13.8 Å². The van der Waals surface area contributed by atoms with E-state index in [-0.39, 0.29) is 5.92 Å². The number of hydrogen-bond acceptors (Lipinski definition) is 3. The molecule has 0 amide bonds. The largest absolute Gasteiger partial charge is 0.433 e. The molecule has 0 radical (unpaired) electrons. The van der Waals surface area contributed by atoms with Crippen LogP contribution in [-0.4, -0.2) is 27.5 Å². The van der Waals surface area contributed by atoms with E-state index < -0.39 is 29.1 Å². The van der Waals surface area contributed by atoms with Crippen molar-refractivity contribution in [2.24, 2.45) is 5.92 Å². The van der Waals surface area contributed by atoms with Gasteiger partial charge in [0.15, 0.2) is 5.69 Å². The first-order valence-electron chi connectivity index (χ1n) is 8.52. The summed E-state index contributed by atoms with van der Waals surface area (Å²) in [6, 6.07) is 3.92. The van der Waals surface area contributed by atoms with Crippen LogP contribution < -0.4 is 5.56 Å². The molecule has 2 heterocycles. The van der Waals surface area contributed by atoms with Crippen LogP contribution in [0.3, 0.4) is 0 Å². The summed E-state index contributed by atoms with van der Waals surface area (Å²) in [5, 5.41) is 0. The molecule has 2 aromatic rings. The minimum Gasteiger partial charge on any atom is -0.299 e. The lowest BCUT2D eigenvalue weighted by Gasteiger charge is -2.32. The Morgan fingerprint density at radius 1 is 1.04 bits per heavy atom. The van der Waals surface area contributed by atoms with Gasteiger partial charge >= 0.3 is 6.18 Å². The van der Waals surface area contributed by atoms with Gasteiger partial charge in [-0.05, 0) is 49.5 Å². The van der Waals surface area contributed by atoms with Crippen LogP contribution in [0, 0.1) is 17.6 Å². The number of nitrogens with zero attached hydrogens (tertiary/aromatic N) is 3. The molecule has 1 fully saturated rings. The zero-order chi connectivity index (χ0) is 19.6. The Kier molecular flexibility index (Phi) is 5.59. The summed E-state index contributed by atoms with van der Waals surface area (Å²) in [7, 11) is 0. The SMILES string of the molecule is O=c1cc(C(F)(F)F)ncn1CC1CCN(Cc2cc(F)cc(F)c2)CC1. The number of alkyl halides is 3. The van der Waals surface area contributed by atoms with E-state index in [1.165, 1.54) is 16.7 Å². The van der Waals surface area contributed by atoms with Crippen molar-refractivity contribution in [2.45, 2.75) is 32.1 Å². The third kappa shape index (κ3) is 5.12. The fraction of sp³-hybridized carbons (Fsp3) is 0.444. The van der Waals surface area contributed by atoms with Crippen molar-refractivity contribution in [2.75, 3.05) is 13.1 Å². The molecule has 0 saturated carbocycles. The van der Waals surface area contributed by atoms with Crippen LogP contribution in [0.1, 0.15) is 24.1 Å². The van der Waals surface area contributed by atoms with Gasteiger partial charge in [-0.1, -0.05) is 0 Å². The average Bonchev–Trinajstić information content (AvgIpc) is 2.56. The standard InChI is InChI=1S/C18H18F5N3O/c19-14-5-13(6-15(20)7-14)9-25-3-1-12(2-4-25)10-26-11-24-16(8-17(26)27)18(21,22)23/h5-8,11-12H,1-4,9-10H2. The molecule has 3 rings (SSSR count). The molecule has 4 nitrogen and oxygen atoms in total. The van der Waals surface area contributed by atoms with Crippen LogP contribution in [-0.2, 0) is 19.3 Å². The second kappa shape index (κ2) is 7.75. The van der Waals surface area contributed by atoms with Gasteiger partial charge in [-0.3, -0.25) is 14.3 Å². The highest BCUT2D eigenvalue weighted by Crippen LogP contribution is 2.26. The van der Waals surface area contributed by atoms with Gasteiger partial charge in [0.2, 0.25) is 0 Å². The highest BCUT2D eigenvalue weighted by molar-refractivity contribution is 5.17. The predicted octanol–water partition coefficient (Wildman–Crippen LogP) is 3.45. The Morgan fingerprint density at radius 2 is 1.67 bits per heavy atom. The summed E-state index contributed by atoms with van der Waals surface area (Å²) in [6.07, 6.45) is -2.25. The Bertz CT molecular complexity index is 837. The van der Waals surface area contributed by atoms with Gasteiger partial charge in [0.25, 0.3) is 5.56 Å². The van der Waals surface area contributed by atoms with Gasteiger partial charge in [-0.15, -0.1) is 0 Å². The lowest BCUT2D eigenvalue weighted by Crippen LogP contribution is -2.36. The van der Waals surface area contributed by atoms with Crippen LogP contribution in [0.15, 0.2) is 35.4 Å². The molecule has 1 aromatic heterocycles. The zero-order valence-electron chi connectivity index (χ0n) is 14.3. The third-order valence-corrected chi connectivity index (χ3v) is 4.66. The van der Waals surface area contributed by atoms with E-state index in [0.29, 0.717) is 37.8 Å². The molecule has 0 unspecified atom stereocenters. The van der Waals surface area contributed by atoms with Crippen molar-refractivity contribution in [1.29, 1.82) is 0 Å². The molecule has 9 heteroatoms. The van der Waals surface area contributed by atoms with E-state index in [1.54, 1.807) is 0 Å². The monoisotopic (exact) mass is 387 g/mol. The molecule has 146 valence electrons. The first kappa shape index (κ1) is 19.5. The molecule has 0 spiro atoms. The van der Waals surface area contributed by atoms with Crippen molar-refractivity contribution >= 4 is 0 Å². The average molecular weight is 387 g/mol. The van der Waals surface area contributed by atoms with Crippen LogP contribution in [0.4, 0.5) is 22.0 Å². The number of hydrogen-bond donors (Lipinski definition) is 0. The molecule has 1 aliphatic heterocycles. The van der Waals surface area contributed by atoms with E-state index in [1.807, 2.05) is 0 Å². The fourth-order valence-electron chi connectivity index (χ4n) is 3.28. The molecule has 0 N–H and O–H groups in total. The van der Waals surface area contributed by atoms with Crippen molar-refractivity contribution in [1.82, 2.24) is 14.5 Å². The molecule has 27 heavy (non-hydrogen) atoms. The van der Waals surface area contributed by atoms with E-state index in [0.717, 1.165) is 25.2 Å². The zero-order valence-corrected chi connectivity index (χ0v) is 14.3. The van der Waals surface area contributed by atoms with Crippen molar-refractivity contribution < 1.29 is 22.0 Å². The Hall–Kier alpha value is -2.29. The van der Waals surface area contributed by atoms with E-state index in [2.05, 4.69) is 9.88 Å². The number of halogens is 5. The molecular formula is C18H18F5N3O. The van der Waals surface area contributed by atoms with Crippen LogP contribution >= 0.6 is 0 Å². The summed E-state index contributed by atoms with van der Waals surface area (Å²) >= 11 is 0. The van der Waals surface area contributed by atoms with Crippen LogP contribution in [0.5, 0.6) is 0 Å². The minimum atomic E-state index is -4.64. The molecular weight excluding hydrogens is 369 g/mol. The van der Waals surface area contributed by atoms with Gasteiger partial charge in [0.1, 0.15) is 11.6 Å². The maximum atomic E-state index is 13.3. The van der Waals surface area contributed by atoms with Gasteiger partial charge in [-0.2, -0.15) is 13.2 Å². The van der Waals surface area contributed by atoms with Gasteiger partial charge < -0.3 is 0 Å². The Balaban J connectivity index is 1.56. The van der Waals surface area contributed by atoms with Crippen LogP contribution in [0.25, 0.3) is 0 Å². The van der Waals surface area contributed by atoms with Crippen molar-refractivity contribution in [3.63, 3.8) is 0 Å². The van der Waals surface area contributed by atoms with E-state index in [9.17, 15) is 26.7 Å². The quantitative estimate of drug-likeness (QED) is 0.755. The topological polar surface area (TPSA) is 38.1 Å². The molecule has 0 bridgehead atoms. The highest BCUT2D eigenvalue weighted by Gasteiger charge is 2.33. The Labute approximate surface area is 152 Å². The number of likely N-dealkylation sites (tertiary alicyclic amines) is 1. The second-order valence-electron chi connectivity index (χ2n) is 6.76. The molecule has 1 saturated heterocycles. The first-order valence-corrected chi connectivity index (χ1v) is 8.52. The lowest BCUT2D eigenvalue weighted by atomic mass is 9.96. The van der Waals surface area contributed by atoms with Crippen LogP contribution in [0.2, 0.25) is 0 Å². The molecule has 1 aliphatic rings. The molecule has 1 aromatic carbocycles. The van der Waals surface area contributed by atoms with Gasteiger partial charge in [0, 0.05) is 25.2 Å². The summed E-state index contributed by atoms with van der Waals surface area (Å²) in [6.45, 7) is 2.06. The minimum absolute atomic E-state index is 0.127. The normalized spacial score (nSPS) is 16.6. The summed E-state index contributed by atoms with van der Waals surface area (Å²) in [4.78, 5) is 17.2. The van der Waals surface area contributed by atoms with E-state index >= 15 is 0 Å². The summed E-state index contributed by atoms with van der Waals surface area (Å²) < 4.78 is 65.4. The maximum Gasteiger partial charge on any atom is 0.433 e. The van der Waals surface area contributed by atoms with E-state index in [4.69, 9.17) is 0 Å². The fourth-order valence-corrected chi connectivity index (χ4v) is 3.28. The van der Waals surface area contributed by atoms with Crippen molar-refractivity contribution in [3.05, 3.63) is 63.8 Å². The molecule has 0 aliphatic carbocycles. The maximum absolute atomic E-state index is 13.3. The summed E-state index contributed by atoms with van der Waals surface area (Å²) in [5.41, 5.74) is -1.37. The number of piperidine rings is 1. The summed E-state index contributed by atoms with van der Waals surface area (Å²) in [5.74, 6) is -1.11. The number of aromatic nitrogens is 2. The van der Waals surface area contributed by atoms with Crippen molar-refractivity contribution in [3.8, 4) is 0 Å². The first-order chi connectivity index (χ1) is 12.7. The molecule has 0 atom stereocenters.